The predicted octanol–water partition coefficient (Wildman–Crippen LogP) is 3.89. The molecule has 4 aromatic rings. The summed E-state index contributed by atoms with van der Waals surface area (Å²) in [7, 11) is 0. The molecule has 0 aliphatic carbocycles. The van der Waals surface area contributed by atoms with Gasteiger partial charge in [-0.05, 0) is 30.3 Å². The van der Waals surface area contributed by atoms with Crippen LogP contribution in [0.4, 0.5) is 11.6 Å². The molecular formula is C19H14Cl2N8. The molecule has 0 unspecified atom stereocenters. The topological polar surface area (TPSA) is 104 Å². The van der Waals surface area contributed by atoms with Crippen LogP contribution in [0.5, 0.6) is 0 Å². The number of halogens is 2. The van der Waals surface area contributed by atoms with Gasteiger partial charge in [-0.2, -0.15) is 5.26 Å². The van der Waals surface area contributed by atoms with Crippen LogP contribution in [0.3, 0.4) is 0 Å². The summed E-state index contributed by atoms with van der Waals surface area (Å²) < 4.78 is 1.78. The van der Waals surface area contributed by atoms with Gasteiger partial charge in [-0.1, -0.05) is 23.2 Å². The van der Waals surface area contributed by atoms with E-state index in [4.69, 9.17) is 28.5 Å². The van der Waals surface area contributed by atoms with Gasteiger partial charge in [0.15, 0.2) is 5.82 Å². The van der Waals surface area contributed by atoms with Crippen molar-refractivity contribution in [2.45, 2.75) is 0 Å². The molecule has 144 valence electrons. The number of hydrogen-bond donors (Lipinski definition) is 2. The van der Waals surface area contributed by atoms with E-state index in [1.807, 2.05) is 18.3 Å². The van der Waals surface area contributed by atoms with Crippen molar-refractivity contribution in [2.75, 3.05) is 23.7 Å². The number of fused-ring (bicyclic) bond motifs is 1. The normalized spacial score (nSPS) is 10.7. The zero-order valence-electron chi connectivity index (χ0n) is 15.0. The summed E-state index contributed by atoms with van der Waals surface area (Å²) in [5.41, 5.74) is 2.55. The minimum atomic E-state index is 0.511. The number of nitrogens with one attached hydrogen (secondary N) is 2. The second kappa shape index (κ2) is 8.31. The zero-order valence-corrected chi connectivity index (χ0v) is 16.5. The number of anilines is 2. The molecule has 8 nitrogen and oxygen atoms in total. The van der Waals surface area contributed by atoms with E-state index >= 15 is 0 Å². The van der Waals surface area contributed by atoms with E-state index in [-0.39, 0.29) is 0 Å². The fourth-order valence-electron chi connectivity index (χ4n) is 2.72. The van der Waals surface area contributed by atoms with Crippen molar-refractivity contribution < 1.29 is 0 Å². The van der Waals surface area contributed by atoms with Crippen molar-refractivity contribution in [2.24, 2.45) is 0 Å². The first-order chi connectivity index (χ1) is 14.1. The summed E-state index contributed by atoms with van der Waals surface area (Å²) >= 11 is 12.3. The van der Waals surface area contributed by atoms with Gasteiger partial charge < -0.3 is 10.6 Å². The second-order valence-corrected chi connectivity index (χ2v) is 6.90. The largest absolute Gasteiger partial charge is 0.368 e. The lowest BCUT2D eigenvalue weighted by Gasteiger charge is -2.11. The second-order valence-electron chi connectivity index (χ2n) is 6.06. The summed E-state index contributed by atoms with van der Waals surface area (Å²) in [6.07, 6.45) is 4.94. The number of hydrogen-bond acceptors (Lipinski definition) is 7. The Bertz CT molecular complexity index is 1200. The molecule has 2 N–H and O–H groups in total. The Morgan fingerprint density at radius 2 is 1.97 bits per heavy atom. The fourth-order valence-corrected chi connectivity index (χ4v) is 3.22. The predicted molar refractivity (Wildman–Crippen MR) is 112 cm³/mol. The van der Waals surface area contributed by atoms with Gasteiger partial charge >= 0.3 is 0 Å². The average molecular weight is 425 g/mol. The fraction of sp³-hybridized carbons (Fsp3) is 0.105. The molecule has 0 saturated heterocycles. The number of aromatic nitrogens is 5. The van der Waals surface area contributed by atoms with E-state index in [9.17, 15) is 0 Å². The van der Waals surface area contributed by atoms with Gasteiger partial charge in [-0.3, -0.25) is 4.40 Å². The highest BCUT2D eigenvalue weighted by Gasteiger charge is 2.12. The van der Waals surface area contributed by atoms with Gasteiger partial charge in [0.2, 0.25) is 5.65 Å². The lowest BCUT2D eigenvalue weighted by molar-refractivity contribution is 1.03. The van der Waals surface area contributed by atoms with E-state index in [0.717, 1.165) is 5.56 Å². The van der Waals surface area contributed by atoms with Gasteiger partial charge in [0.25, 0.3) is 0 Å². The maximum Gasteiger partial charge on any atom is 0.203 e. The first-order valence-electron chi connectivity index (χ1n) is 8.64. The number of benzene rings is 1. The molecule has 3 aromatic heterocycles. The average Bonchev–Trinajstić information content (AvgIpc) is 3.20. The number of pyridine rings is 1. The first-order valence-corrected chi connectivity index (χ1v) is 9.39. The SMILES string of the molecule is N#Cc1ccc(NCCNc2nc(-c3ccc(Cl)cc3Cl)cn3cnnc23)nc1. The summed E-state index contributed by atoms with van der Waals surface area (Å²) in [4.78, 5) is 8.84. The van der Waals surface area contributed by atoms with Crippen molar-refractivity contribution in [3.05, 3.63) is 64.7 Å². The molecule has 0 bridgehead atoms. The maximum atomic E-state index is 8.82. The Labute approximate surface area is 176 Å². The first kappa shape index (κ1) is 18.9. The Morgan fingerprint density at radius 1 is 1.10 bits per heavy atom. The molecule has 4 rings (SSSR count). The minimum Gasteiger partial charge on any atom is -0.368 e. The van der Waals surface area contributed by atoms with Crippen LogP contribution in [-0.4, -0.2) is 37.7 Å². The zero-order chi connectivity index (χ0) is 20.2. The van der Waals surface area contributed by atoms with Gasteiger partial charge in [0, 0.05) is 36.1 Å². The van der Waals surface area contributed by atoms with Gasteiger partial charge in [0.1, 0.15) is 18.2 Å². The molecule has 0 radical (unpaired) electrons. The van der Waals surface area contributed by atoms with E-state index in [1.165, 1.54) is 6.20 Å². The maximum absolute atomic E-state index is 8.82. The molecule has 0 atom stereocenters. The van der Waals surface area contributed by atoms with Crippen molar-refractivity contribution >= 4 is 40.5 Å². The molecule has 10 heteroatoms. The van der Waals surface area contributed by atoms with Gasteiger partial charge in [0.05, 0.1) is 16.3 Å². The Hall–Kier alpha value is -3.41. The molecule has 3 heterocycles. The van der Waals surface area contributed by atoms with E-state index in [2.05, 4.69) is 30.8 Å². The Morgan fingerprint density at radius 3 is 2.72 bits per heavy atom. The number of nitriles is 1. The summed E-state index contributed by atoms with van der Waals surface area (Å²) in [6.45, 7) is 1.15. The van der Waals surface area contributed by atoms with E-state index in [0.29, 0.717) is 51.7 Å². The van der Waals surface area contributed by atoms with Crippen LogP contribution >= 0.6 is 23.2 Å². The molecular weight excluding hydrogens is 411 g/mol. The van der Waals surface area contributed by atoms with E-state index in [1.54, 1.807) is 35.0 Å². The third kappa shape index (κ3) is 4.21. The highest BCUT2D eigenvalue weighted by Crippen LogP contribution is 2.30. The van der Waals surface area contributed by atoms with Crippen LogP contribution in [0.2, 0.25) is 10.0 Å². The monoisotopic (exact) mass is 424 g/mol. The lowest BCUT2D eigenvalue weighted by atomic mass is 10.1. The summed E-state index contributed by atoms with van der Waals surface area (Å²) in [5.74, 6) is 1.27. The lowest BCUT2D eigenvalue weighted by Crippen LogP contribution is -2.16. The van der Waals surface area contributed by atoms with Crippen molar-refractivity contribution in [3.8, 4) is 17.3 Å². The number of nitrogens with zero attached hydrogens (tertiary/aromatic N) is 6. The summed E-state index contributed by atoms with van der Waals surface area (Å²) in [5, 5.41) is 24.4. The Balaban J connectivity index is 1.50. The van der Waals surface area contributed by atoms with Crippen LogP contribution in [0.15, 0.2) is 49.1 Å². The molecule has 0 fully saturated rings. The molecule has 0 saturated carbocycles. The van der Waals surface area contributed by atoms with Crippen LogP contribution in [0.1, 0.15) is 5.56 Å². The summed E-state index contributed by atoms with van der Waals surface area (Å²) in [6, 6.07) is 10.8. The highest BCUT2D eigenvalue weighted by atomic mass is 35.5. The molecule has 1 aromatic carbocycles. The van der Waals surface area contributed by atoms with E-state index < -0.39 is 0 Å². The molecule has 0 amide bonds. The van der Waals surface area contributed by atoms with Crippen molar-refractivity contribution in [1.82, 2.24) is 24.6 Å². The van der Waals surface area contributed by atoms with Crippen LogP contribution in [0.25, 0.3) is 16.9 Å². The molecule has 29 heavy (non-hydrogen) atoms. The smallest absolute Gasteiger partial charge is 0.203 e. The minimum absolute atomic E-state index is 0.511. The Kier molecular flexibility index (Phi) is 5.42. The van der Waals surface area contributed by atoms with Crippen molar-refractivity contribution in [3.63, 3.8) is 0 Å². The van der Waals surface area contributed by atoms with Gasteiger partial charge in [-0.25, -0.2) is 9.97 Å². The van der Waals surface area contributed by atoms with Crippen LogP contribution in [0, 0.1) is 11.3 Å². The van der Waals surface area contributed by atoms with Crippen molar-refractivity contribution in [1.29, 1.82) is 5.26 Å². The van der Waals surface area contributed by atoms with Crippen LogP contribution in [-0.2, 0) is 0 Å². The highest BCUT2D eigenvalue weighted by molar-refractivity contribution is 6.36. The van der Waals surface area contributed by atoms with Crippen LogP contribution < -0.4 is 10.6 Å². The third-order valence-corrected chi connectivity index (χ3v) is 4.65. The number of rotatable bonds is 6. The third-order valence-electron chi connectivity index (χ3n) is 4.10. The quantitative estimate of drug-likeness (QED) is 0.452. The van der Waals surface area contributed by atoms with Gasteiger partial charge in [-0.15, -0.1) is 10.2 Å². The standard InChI is InChI=1S/C19H14Cl2N8/c20-13-2-3-14(15(21)7-13)16-10-29-11-26-28-19(29)18(27-16)24-6-5-23-17-4-1-12(8-22)9-25-17/h1-4,7,9-11H,5-6H2,(H,23,25)(H,24,27). The molecule has 0 spiro atoms. The molecule has 0 aliphatic heterocycles. The molecule has 0 aliphatic rings.